The van der Waals surface area contributed by atoms with Crippen LogP contribution in [0.2, 0.25) is 0 Å². The summed E-state index contributed by atoms with van der Waals surface area (Å²) >= 11 is 0. The highest BCUT2D eigenvalue weighted by molar-refractivity contribution is 4.73. The molecule has 0 aromatic heterocycles. The predicted octanol–water partition coefficient (Wildman–Crippen LogP) is 2.72. The van der Waals surface area contributed by atoms with Crippen molar-refractivity contribution >= 4 is 0 Å². The molecule has 0 aromatic carbocycles. The van der Waals surface area contributed by atoms with Gasteiger partial charge in [-0.05, 0) is 12.8 Å². The third kappa shape index (κ3) is 4.43. The fourth-order valence-corrected chi connectivity index (χ4v) is 1.98. The van der Waals surface area contributed by atoms with Gasteiger partial charge in [0.1, 0.15) is 0 Å². The first-order valence-corrected chi connectivity index (χ1v) is 6.23. The number of hydrogen-bond donors (Lipinski definition) is 1. The maximum absolute atomic E-state index is 5.95. The van der Waals surface area contributed by atoms with E-state index in [4.69, 9.17) is 4.74 Å². The molecule has 1 aliphatic rings. The van der Waals surface area contributed by atoms with Crippen LogP contribution in [-0.4, -0.2) is 25.3 Å². The summed E-state index contributed by atoms with van der Waals surface area (Å²) in [5.41, 5.74) is 0. The minimum Gasteiger partial charge on any atom is -0.372 e. The molecule has 0 saturated carbocycles. The SMILES string of the molecule is CCCCCCC1CNCC(CC)O1. The van der Waals surface area contributed by atoms with E-state index in [1.807, 2.05) is 0 Å². The zero-order chi connectivity index (χ0) is 10.2. The number of morpholine rings is 1. The summed E-state index contributed by atoms with van der Waals surface area (Å²) in [6.07, 6.45) is 8.70. The Balaban J connectivity index is 2.05. The molecule has 14 heavy (non-hydrogen) atoms. The standard InChI is InChI=1S/C12H25NO/c1-3-5-6-7-8-12-10-13-9-11(4-2)14-12/h11-13H,3-10H2,1-2H3. The molecule has 2 nitrogen and oxygen atoms in total. The smallest absolute Gasteiger partial charge is 0.0703 e. The van der Waals surface area contributed by atoms with Crippen LogP contribution in [0.4, 0.5) is 0 Å². The number of hydrogen-bond acceptors (Lipinski definition) is 2. The number of ether oxygens (including phenoxy) is 1. The van der Waals surface area contributed by atoms with Gasteiger partial charge in [0.15, 0.2) is 0 Å². The van der Waals surface area contributed by atoms with E-state index in [-0.39, 0.29) is 0 Å². The predicted molar refractivity (Wildman–Crippen MR) is 60.6 cm³/mol. The van der Waals surface area contributed by atoms with Crippen LogP contribution in [-0.2, 0) is 4.74 Å². The molecule has 84 valence electrons. The molecular formula is C12H25NO. The van der Waals surface area contributed by atoms with Gasteiger partial charge in [-0.25, -0.2) is 0 Å². The summed E-state index contributed by atoms with van der Waals surface area (Å²) in [5, 5.41) is 3.45. The molecule has 0 amide bonds. The lowest BCUT2D eigenvalue weighted by Crippen LogP contribution is -2.44. The van der Waals surface area contributed by atoms with Gasteiger partial charge >= 0.3 is 0 Å². The van der Waals surface area contributed by atoms with Crippen molar-refractivity contribution in [3.63, 3.8) is 0 Å². The minimum atomic E-state index is 0.458. The normalized spacial score (nSPS) is 27.9. The van der Waals surface area contributed by atoms with Crippen LogP contribution in [0.3, 0.4) is 0 Å². The molecule has 1 saturated heterocycles. The number of unbranched alkanes of at least 4 members (excludes halogenated alkanes) is 3. The number of nitrogens with one attached hydrogen (secondary N) is 1. The second-order valence-electron chi connectivity index (χ2n) is 4.30. The van der Waals surface area contributed by atoms with Crippen molar-refractivity contribution in [2.75, 3.05) is 13.1 Å². The van der Waals surface area contributed by atoms with Gasteiger partial charge in [0, 0.05) is 13.1 Å². The molecule has 0 aliphatic carbocycles. The molecule has 0 bridgehead atoms. The van der Waals surface area contributed by atoms with Crippen molar-refractivity contribution in [3.05, 3.63) is 0 Å². The van der Waals surface area contributed by atoms with Gasteiger partial charge in [0.2, 0.25) is 0 Å². The fraction of sp³-hybridized carbons (Fsp3) is 1.00. The third-order valence-corrected chi connectivity index (χ3v) is 2.96. The van der Waals surface area contributed by atoms with E-state index in [1.165, 1.54) is 32.1 Å². The van der Waals surface area contributed by atoms with E-state index >= 15 is 0 Å². The van der Waals surface area contributed by atoms with E-state index in [0.717, 1.165) is 19.5 Å². The van der Waals surface area contributed by atoms with Crippen LogP contribution in [0.5, 0.6) is 0 Å². The van der Waals surface area contributed by atoms with Crippen LogP contribution in [0.25, 0.3) is 0 Å². The van der Waals surface area contributed by atoms with Crippen molar-refractivity contribution in [1.29, 1.82) is 0 Å². The van der Waals surface area contributed by atoms with Gasteiger partial charge in [-0.3, -0.25) is 0 Å². The topological polar surface area (TPSA) is 21.3 Å². The van der Waals surface area contributed by atoms with Crippen molar-refractivity contribution in [2.45, 2.75) is 64.6 Å². The van der Waals surface area contributed by atoms with Crippen molar-refractivity contribution in [3.8, 4) is 0 Å². The maximum Gasteiger partial charge on any atom is 0.0703 e. The van der Waals surface area contributed by atoms with Gasteiger partial charge in [-0.15, -0.1) is 0 Å². The Bertz CT molecular complexity index is 138. The largest absolute Gasteiger partial charge is 0.372 e. The highest BCUT2D eigenvalue weighted by atomic mass is 16.5. The maximum atomic E-state index is 5.95. The van der Waals surface area contributed by atoms with E-state index in [2.05, 4.69) is 19.2 Å². The Kier molecular flexibility index (Phi) is 6.20. The Morgan fingerprint density at radius 2 is 1.86 bits per heavy atom. The first kappa shape index (κ1) is 12.0. The molecule has 0 radical (unpaired) electrons. The van der Waals surface area contributed by atoms with Crippen molar-refractivity contribution in [1.82, 2.24) is 5.32 Å². The molecule has 0 spiro atoms. The van der Waals surface area contributed by atoms with Gasteiger partial charge in [0.25, 0.3) is 0 Å². The molecule has 1 heterocycles. The van der Waals surface area contributed by atoms with Gasteiger partial charge in [-0.2, -0.15) is 0 Å². The van der Waals surface area contributed by atoms with E-state index < -0.39 is 0 Å². The molecule has 1 N–H and O–H groups in total. The van der Waals surface area contributed by atoms with E-state index in [9.17, 15) is 0 Å². The molecule has 0 aromatic rings. The van der Waals surface area contributed by atoms with E-state index in [0.29, 0.717) is 12.2 Å². The minimum absolute atomic E-state index is 0.458. The number of rotatable bonds is 6. The monoisotopic (exact) mass is 199 g/mol. The zero-order valence-electron chi connectivity index (χ0n) is 9.72. The Hall–Kier alpha value is -0.0800. The first-order chi connectivity index (χ1) is 6.86. The second-order valence-corrected chi connectivity index (χ2v) is 4.30. The summed E-state index contributed by atoms with van der Waals surface area (Å²) in [7, 11) is 0. The third-order valence-electron chi connectivity index (χ3n) is 2.96. The summed E-state index contributed by atoms with van der Waals surface area (Å²) in [4.78, 5) is 0. The summed E-state index contributed by atoms with van der Waals surface area (Å²) in [6, 6.07) is 0. The van der Waals surface area contributed by atoms with Crippen LogP contribution in [0.15, 0.2) is 0 Å². The lowest BCUT2D eigenvalue weighted by atomic mass is 10.1. The van der Waals surface area contributed by atoms with Crippen molar-refractivity contribution in [2.24, 2.45) is 0 Å². The molecule has 1 fully saturated rings. The van der Waals surface area contributed by atoms with Crippen LogP contribution < -0.4 is 5.32 Å². The fourth-order valence-electron chi connectivity index (χ4n) is 1.98. The van der Waals surface area contributed by atoms with E-state index in [1.54, 1.807) is 0 Å². The quantitative estimate of drug-likeness (QED) is 0.664. The summed E-state index contributed by atoms with van der Waals surface area (Å²) in [6.45, 7) is 6.56. The highest BCUT2D eigenvalue weighted by Crippen LogP contribution is 2.13. The average molecular weight is 199 g/mol. The Morgan fingerprint density at radius 1 is 1.07 bits per heavy atom. The molecule has 1 aliphatic heterocycles. The molecule has 2 unspecified atom stereocenters. The van der Waals surface area contributed by atoms with Gasteiger partial charge in [-0.1, -0.05) is 39.5 Å². The average Bonchev–Trinajstić information content (AvgIpc) is 2.25. The second kappa shape index (κ2) is 7.24. The lowest BCUT2D eigenvalue weighted by molar-refractivity contribution is -0.0425. The lowest BCUT2D eigenvalue weighted by Gasteiger charge is -2.30. The molecule has 1 rings (SSSR count). The summed E-state index contributed by atoms with van der Waals surface area (Å²) in [5.74, 6) is 0. The Labute approximate surface area is 88.4 Å². The van der Waals surface area contributed by atoms with Crippen molar-refractivity contribution < 1.29 is 4.74 Å². The summed E-state index contributed by atoms with van der Waals surface area (Å²) < 4.78 is 5.95. The molecule has 2 heteroatoms. The van der Waals surface area contributed by atoms with Gasteiger partial charge in [0.05, 0.1) is 12.2 Å². The molecular weight excluding hydrogens is 174 g/mol. The Morgan fingerprint density at radius 3 is 2.57 bits per heavy atom. The van der Waals surface area contributed by atoms with Crippen LogP contribution >= 0.6 is 0 Å². The van der Waals surface area contributed by atoms with Gasteiger partial charge < -0.3 is 10.1 Å². The highest BCUT2D eigenvalue weighted by Gasteiger charge is 2.19. The first-order valence-electron chi connectivity index (χ1n) is 6.23. The van der Waals surface area contributed by atoms with Crippen LogP contribution in [0.1, 0.15) is 52.4 Å². The van der Waals surface area contributed by atoms with Crippen LogP contribution in [0, 0.1) is 0 Å². The molecule has 2 atom stereocenters. The zero-order valence-corrected chi connectivity index (χ0v) is 9.72.